The Morgan fingerprint density at radius 3 is 2.42 bits per heavy atom. The molecule has 1 N–H and O–H groups in total. The molecule has 3 heteroatoms. The van der Waals surface area contributed by atoms with Crippen molar-refractivity contribution < 1.29 is 4.39 Å². The molecule has 0 fully saturated rings. The van der Waals surface area contributed by atoms with E-state index in [0.29, 0.717) is 0 Å². The van der Waals surface area contributed by atoms with Crippen LogP contribution in [0.5, 0.6) is 0 Å². The molecule has 0 aliphatic carbocycles. The summed E-state index contributed by atoms with van der Waals surface area (Å²) in [5.74, 6) is -0.228. The summed E-state index contributed by atoms with van der Waals surface area (Å²) < 4.78 is 12.5. The predicted molar refractivity (Wildman–Crippen MR) is 52.4 cm³/mol. The molecule has 12 heavy (non-hydrogen) atoms. The van der Waals surface area contributed by atoms with Gasteiger partial charge in [-0.05, 0) is 35.2 Å². The van der Waals surface area contributed by atoms with Crippen LogP contribution >= 0.6 is 12.6 Å². The van der Waals surface area contributed by atoms with Gasteiger partial charge in [0.15, 0.2) is 0 Å². The number of hydrogen-bond donors (Lipinski definition) is 2. The fourth-order valence-electron chi connectivity index (χ4n) is 0.913. The van der Waals surface area contributed by atoms with E-state index in [9.17, 15) is 4.39 Å². The molecule has 0 aromatic heterocycles. The van der Waals surface area contributed by atoms with E-state index in [-0.39, 0.29) is 5.82 Å². The first-order valence-electron chi connectivity index (χ1n) is 3.56. The van der Waals surface area contributed by atoms with Gasteiger partial charge in [-0.2, -0.15) is 0 Å². The molecular weight excluding hydrogens is 173 g/mol. The number of halogens is 1. The highest BCUT2D eigenvalue weighted by Gasteiger charge is 1.96. The Balaban J connectivity index is 2.96. The molecule has 1 rings (SSSR count). The lowest BCUT2D eigenvalue weighted by Gasteiger charge is -2.04. The second kappa shape index (κ2) is 4.16. The zero-order valence-corrected chi connectivity index (χ0v) is 7.61. The van der Waals surface area contributed by atoms with E-state index in [1.165, 1.54) is 12.1 Å². The van der Waals surface area contributed by atoms with Gasteiger partial charge in [-0.25, -0.2) is 4.39 Å². The van der Waals surface area contributed by atoms with E-state index in [4.69, 9.17) is 0 Å². The van der Waals surface area contributed by atoms with Crippen molar-refractivity contribution in [3.8, 4) is 0 Å². The maximum atomic E-state index is 12.5. The normalized spacial score (nSPS) is 11.4. The van der Waals surface area contributed by atoms with Gasteiger partial charge < -0.3 is 5.32 Å². The fraction of sp³-hybridized carbons (Fsp3) is 0.111. The van der Waals surface area contributed by atoms with Gasteiger partial charge in [-0.1, -0.05) is 0 Å². The Bertz CT molecular complexity index is 279. The van der Waals surface area contributed by atoms with Crippen molar-refractivity contribution in [2.75, 3.05) is 7.05 Å². The van der Waals surface area contributed by atoms with Crippen molar-refractivity contribution in [1.29, 1.82) is 0 Å². The first kappa shape index (κ1) is 9.13. The first-order valence-corrected chi connectivity index (χ1v) is 4.07. The molecular formula is C9H10FNS. The maximum absolute atomic E-state index is 12.5. The quantitative estimate of drug-likeness (QED) is 0.670. The molecule has 0 aliphatic heterocycles. The molecule has 1 aromatic rings. The molecule has 0 heterocycles. The highest BCUT2D eigenvalue weighted by atomic mass is 32.1. The van der Waals surface area contributed by atoms with E-state index in [1.54, 1.807) is 24.6 Å². The lowest BCUT2D eigenvalue weighted by atomic mass is 10.2. The van der Waals surface area contributed by atoms with Gasteiger partial charge in [-0.15, -0.1) is 12.6 Å². The Hall–Kier alpha value is -0.960. The van der Waals surface area contributed by atoms with Gasteiger partial charge in [0, 0.05) is 12.7 Å². The topological polar surface area (TPSA) is 12.0 Å². The van der Waals surface area contributed by atoms with Crippen molar-refractivity contribution >= 4 is 18.3 Å². The summed E-state index contributed by atoms with van der Waals surface area (Å²) in [6, 6.07) is 6.25. The summed E-state index contributed by atoms with van der Waals surface area (Å²) in [6.45, 7) is 0. The lowest BCUT2D eigenvalue weighted by Crippen LogP contribution is -2.03. The molecule has 0 bridgehead atoms. The number of rotatable bonds is 2. The maximum Gasteiger partial charge on any atom is 0.123 e. The van der Waals surface area contributed by atoms with Crippen LogP contribution < -0.4 is 5.32 Å². The minimum Gasteiger partial charge on any atom is -0.387 e. The second-order valence-electron chi connectivity index (χ2n) is 2.30. The molecule has 0 saturated heterocycles. The smallest absolute Gasteiger partial charge is 0.123 e. The molecule has 0 amide bonds. The van der Waals surface area contributed by atoms with Crippen LogP contribution in [-0.2, 0) is 0 Å². The molecule has 0 spiro atoms. The van der Waals surface area contributed by atoms with Crippen LogP contribution in [0, 0.1) is 5.82 Å². The number of thiol groups is 1. The summed E-state index contributed by atoms with van der Waals surface area (Å²) in [7, 11) is 1.80. The van der Waals surface area contributed by atoms with Crippen LogP contribution in [0.3, 0.4) is 0 Å². The van der Waals surface area contributed by atoms with Gasteiger partial charge in [0.1, 0.15) is 5.82 Å². The third-order valence-corrected chi connectivity index (χ3v) is 1.81. The third kappa shape index (κ3) is 2.01. The SMILES string of the molecule is CN/C(=C\S)c1ccc(F)cc1. The molecule has 0 saturated carbocycles. The minimum absolute atomic E-state index is 0.228. The van der Waals surface area contributed by atoms with Gasteiger partial charge in [0.25, 0.3) is 0 Å². The van der Waals surface area contributed by atoms with Crippen LogP contribution in [0.15, 0.2) is 29.7 Å². The summed E-state index contributed by atoms with van der Waals surface area (Å²) in [5, 5.41) is 4.60. The summed E-state index contributed by atoms with van der Waals surface area (Å²) >= 11 is 4.01. The summed E-state index contributed by atoms with van der Waals surface area (Å²) in [4.78, 5) is 0. The number of nitrogens with one attached hydrogen (secondary N) is 1. The highest BCUT2D eigenvalue weighted by molar-refractivity contribution is 7.83. The van der Waals surface area contributed by atoms with Crippen molar-refractivity contribution in [3.05, 3.63) is 41.1 Å². The summed E-state index contributed by atoms with van der Waals surface area (Å²) in [5.41, 5.74) is 1.80. The zero-order valence-electron chi connectivity index (χ0n) is 6.71. The van der Waals surface area contributed by atoms with Crippen molar-refractivity contribution in [3.63, 3.8) is 0 Å². The Morgan fingerprint density at radius 1 is 1.42 bits per heavy atom. The largest absolute Gasteiger partial charge is 0.387 e. The lowest BCUT2D eigenvalue weighted by molar-refractivity contribution is 0.627. The Labute approximate surface area is 76.7 Å². The monoisotopic (exact) mass is 183 g/mol. The van der Waals surface area contributed by atoms with Crippen LogP contribution in [0.2, 0.25) is 0 Å². The molecule has 64 valence electrons. The van der Waals surface area contributed by atoms with E-state index in [0.717, 1.165) is 11.3 Å². The standard InChI is InChI=1S/C9H10FNS/c1-11-9(6-12)7-2-4-8(10)5-3-7/h2-6,11-12H,1H3/b9-6-. The Morgan fingerprint density at radius 2 is 2.00 bits per heavy atom. The van der Waals surface area contributed by atoms with Crippen molar-refractivity contribution in [1.82, 2.24) is 5.32 Å². The van der Waals surface area contributed by atoms with Gasteiger partial charge in [-0.3, -0.25) is 0 Å². The predicted octanol–water partition coefficient (Wildman–Crippen LogP) is 2.27. The van der Waals surface area contributed by atoms with Crippen LogP contribution in [-0.4, -0.2) is 7.05 Å². The second-order valence-corrected chi connectivity index (χ2v) is 2.56. The van der Waals surface area contributed by atoms with Gasteiger partial charge >= 0.3 is 0 Å². The molecule has 1 aromatic carbocycles. The minimum atomic E-state index is -0.228. The average Bonchev–Trinajstić information content (AvgIpc) is 2.10. The Kier molecular flexibility index (Phi) is 3.17. The van der Waals surface area contributed by atoms with E-state index < -0.39 is 0 Å². The van der Waals surface area contributed by atoms with Crippen LogP contribution in [0.4, 0.5) is 4.39 Å². The average molecular weight is 183 g/mol. The van der Waals surface area contributed by atoms with Gasteiger partial charge in [0.05, 0.1) is 0 Å². The van der Waals surface area contributed by atoms with E-state index in [2.05, 4.69) is 17.9 Å². The fourth-order valence-corrected chi connectivity index (χ4v) is 1.19. The molecule has 1 nitrogen and oxygen atoms in total. The molecule has 0 atom stereocenters. The molecule has 0 unspecified atom stereocenters. The summed E-state index contributed by atoms with van der Waals surface area (Å²) in [6.07, 6.45) is 0. The molecule has 0 aliphatic rings. The number of hydrogen-bond acceptors (Lipinski definition) is 2. The van der Waals surface area contributed by atoms with Crippen LogP contribution in [0.1, 0.15) is 5.56 Å². The zero-order chi connectivity index (χ0) is 8.97. The number of benzene rings is 1. The van der Waals surface area contributed by atoms with Crippen molar-refractivity contribution in [2.24, 2.45) is 0 Å². The van der Waals surface area contributed by atoms with Gasteiger partial charge in [0.2, 0.25) is 0 Å². The van der Waals surface area contributed by atoms with E-state index in [1.807, 2.05) is 0 Å². The van der Waals surface area contributed by atoms with E-state index >= 15 is 0 Å². The third-order valence-electron chi connectivity index (χ3n) is 1.55. The first-order chi connectivity index (χ1) is 5.77. The highest BCUT2D eigenvalue weighted by Crippen LogP contribution is 2.12. The van der Waals surface area contributed by atoms with Crippen LogP contribution in [0.25, 0.3) is 5.70 Å². The molecule has 0 radical (unpaired) electrons. The van der Waals surface area contributed by atoms with Crippen molar-refractivity contribution in [2.45, 2.75) is 0 Å².